The zero-order valence-corrected chi connectivity index (χ0v) is 15.4. The van der Waals surface area contributed by atoms with Crippen molar-refractivity contribution in [3.8, 4) is 5.75 Å². The molecule has 1 aromatic carbocycles. The van der Waals surface area contributed by atoms with Crippen molar-refractivity contribution in [3.63, 3.8) is 0 Å². The normalized spacial score (nSPS) is 29.0. The molecule has 2 aliphatic rings. The van der Waals surface area contributed by atoms with Crippen molar-refractivity contribution in [1.29, 1.82) is 0 Å². The van der Waals surface area contributed by atoms with Crippen molar-refractivity contribution < 1.29 is 29.2 Å². The van der Waals surface area contributed by atoms with Crippen LogP contribution in [0, 0.1) is 0 Å². The molecule has 1 aromatic rings. The zero-order chi connectivity index (χ0) is 18.2. The van der Waals surface area contributed by atoms with Crippen LogP contribution in [0.15, 0.2) is 18.2 Å². The number of rotatable bonds is 2. The van der Waals surface area contributed by atoms with Gasteiger partial charge in [0.15, 0.2) is 0 Å². The van der Waals surface area contributed by atoms with E-state index in [4.69, 9.17) is 49.0 Å². The predicted octanol–water partition coefficient (Wildman–Crippen LogP) is 2.72. The standard InChI is InChI=1S/C16H17Cl3O6/c17-16(18,19)8-23-14(22)9-3-4-12-10(6-9)7-24-15(25-12)5-1-2-11(20)13(15)21/h3-4,6,11,13,20-21H,1-2,5,7-8H2/t11-,13-,15-/m1/s1. The van der Waals surface area contributed by atoms with Crippen LogP contribution in [-0.4, -0.2) is 44.6 Å². The molecule has 2 N–H and O–H groups in total. The molecule has 1 aliphatic carbocycles. The summed E-state index contributed by atoms with van der Waals surface area (Å²) < 4.78 is 14.8. The van der Waals surface area contributed by atoms with Crippen LogP contribution in [0.5, 0.6) is 5.75 Å². The number of alkyl halides is 3. The molecule has 9 heteroatoms. The maximum atomic E-state index is 12.0. The van der Waals surface area contributed by atoms with E-state index in [0.717, 1.165) is 0 Å². The van der Waals surface area contributed by atoms with Crippen molar-refractivity contribution in [2.75, 3.05) is 6.61 Å². The zero-order valence-electron chi connectivity index (χ0n) is 13.1. The summed E-state index contributed by atoms with van der Waals surface area (Å²) in [4.78, 5) is 12.0. The summed E-state index contributed by atoms with van der Waals surface area (Å²) in [6, 6.07) is 4.68. The van der Waals surface area contributed by atoms with Gasteiger partial charge in [-0.3, -0.25) is 0 Å². The lowest BCUT2D eigenvalue weighted by Gasteiger charge is -2.45. The molecule has 0 amide bonds. The number of esters is 1. The second-order valence-corrected chi connectivity index (χ2v) is 8.64. The molecule has 3 atom stereocenters. The third kappa shape index (κ3) is 4.15. The number of hydrogen-bond donors (Lipinski definition) is 2. The van der Waals surface area contributed by atoms with Gasteiger partial charge in [0.2, 0.25) is 9.58 Å². The van der Waals surface area contributed by atoms with Crippen LogP contribution in [0.1, 0.15) is 35.2 Å². The maximum absolute atomic E-state index is 12.0. The first-order valence-electron chi connectivity index (χ1n) is 7.76. The van der Waals surface area contributed by atoms with Gasteiger partial charge in [0, 0.05) is 12.0 Å². The Hall–Kier alpha value is -0.760. The van der Waals surface area contributed by atoms with E-state index in [9.17, 15) is 15.0 Å². The van der Waals surface area contributed by atoms with Gasteiger partial charge in [-0.05, 0) is 31.0 Å². The highest BCUT2D eigenvalue weighted by Gasteiger charge is 2.50. The van der Waals surface area contributed by atoms with Gasteiger partial charge in [-0.15, -0.1) is 0 Å². The second-order valence-electron chi connectivity index (χ2n) is 6.12. The fraction of sp³-hybridized carbons (Fsp3) is 0.562. The Morgan fingerprint density at radius 2 is 2.12 bits per heavy atom. The summed E-state index contributed by atoms with van der Waals surface area (Å²) in [5.74, 6) is -1.41. The predicted molar refractivity (Wildman–Crippen MR) is 91.0 cm³/mol. The summed E-state index contributed by atoms with van der Waals surface area (Å²) in [7, 11) is 0. The Labute approximate surface area is 159 Å². The van der Waals surface area contributed by atoms with Crippen LogP contribution in [0.2, 0.25) is 0 Å². The molecule has 0 saturated heterocycles. The Morgan fingerprint density at radius 3 is 2.84 bits per heavy atom. The number of fused-ring (bicyclic) bond motifs is 1. The number of halogens is 3. The molecule has 0 unspecified atom stereocenters. The Bertz CT molecular complexity index is 662. The summed E-state index contributed by atoms with van der Waals surface area (Å²) in [6.45, 7) is -0.238. The second kappa shape index (κ2) is 7.10. The minimum absolute atomic E-state index is 0.130. The molecule has 1 aliphatic heterocycles. The van der Waals surface area contributed by atoms with E-state index in [1.165, 1.54) is 6.07 Å². The largest absolute Gasteiger partial charge is 0.459 e. The molecule has 138 valence electrons. The lowest BCUT2D eigenvalue weighted by Crippen LogP contribution is -2.58. The Morgan fingerprint density at radius 1 is 1.36 bits per heavy atom. The topological polar surface area (TPSA) is 85.2 Å². The molecule has 25 heavy (non-hydrogen) atoms. The summed E-state index contributed by atoms with van der Waals surface area (Å²) >= 11 is 16.7. The van der Waals surface area contributed by atoms with E-state index in [-0.39, 0.29) is 18.8 Å². The summed E-state index contributed by atoms with van der Waals surface area (Å²) in [5.41, 5.74) is 0.890. The highest BCUT2D eigenvalue weighted by atomic mass is 35.6. The molecular formula is C16H17Cl3O6. The molecule has 1 heterocycles. The Balaban J connectivity index is 1.74. The molecule has 1 saturated carbocycles. The fourth-order valence-electron chi connectivity index (χ4n) is 2.99. The lowest BCUT2D eigenvalue weighted by atomic mass is 9.88. The number of hydrogen-bond acceptors (Lipinski definition) is 6. The van der Waals surface area contributed by atoms with E-state index in [0.29, 0.717) is 30.6 Å². The average molecular weight is 412 g/mol. The van der Waals surface area contributed by atoms with Crippen molar-refractivity contribution in [1.82, 2.24) is 0 Å². The molecule has 0 bridgehead atoms. The number of carbonyl (C=O) groups excluding carboxylic acids is 1. The van der Waals surface area contributed by atoms with E-state index in [2.05, 4.69) is 0 Å². The minimum atomic E-state index is -1.68. The van der Waals surface area contributed by atoms with E-state index < -0.39 is 27.8 Å². The maximum Gasteiger partial charge on any atom is 0.338 e. The van der Waals surface area contributed by atoms with Gasteiger partial charge in [0.25, 0.3) is 0 Å². The van der Waals surface area contributed by atoms with Gasteiger partial charge in [0.1, 0.15) is 18.5 Å². The van der Waals surface area contributed by atoms with Crippen LogP contribution in [0.3, 0.4) is 0 Å². The van der Waals surface area contributed by atoms with E-state index >= 15 is 0 Å². The quantitative estimate of drug-likeness (QED) is 0.575. The molecule has 1 fully saturated rings. The monoisotopic (exact) mass is 410 g/mol. The fourth-order valence-corrected chi connectivity index (χ4v) is 3.15. The average Bonchev–Trinajstić information content (AvgIpc) is 2.56. The van der Waals surface area contributed by atoms with E-state index in [1.54, 1.807) is 12.1 Å². The third-order valence-corrected chi connectivity index (χ3v) is 4.59. The lowest BCUT2D eigenvalue weighted by molar-refractivity contribution is -0.289. The Kier molecular flexibility index (Phi) is 5.40. The molecule has 1 spiro atoms. The van der Waals surface area contributed by atoms with E-state index in [1.807, 2.05) is 0 Å². The van der Waals surface area contributed by atoms with Gasteiger partial charge in [-0.2, -0.15) is 0 Å². The summed E-state index contributed by atoms with van der Waals surface area (Å²) in [6.07, 6.45) is -0.391. The molecule has 0 radical (unpaired) electrons. The van der Waals surface area contributed by atoms with Gasteiger partial charge in [-0.1, -0.05) is 34.8 Å². The third-order valence-electron chi connectivity index (χ3n) is 4.26. The highest BCUT2D eigenvalue weighted by Crippen LogP contribution is 2.40. The number of ether oxygens (including phenoxy) is 3. The highest BCUT2D eigenvalue weighted by molar-refractivity contribution is 6.67. The van der Waals surface area contributed by atoms with Crippen LogP contribution >= 0.6 is 34.8 Å². The smallest absolute Gasteiger partial charge is 0.338 e. The van der Waals surface area contributed by atoms with Gasteiger partial charge in [0.05, 0.1) is 18.3 Å². The summed E-state index contributed by atoms with van der Waals surface area (Å²) in [5, 5.41) is 20.1. The number of aliphatic hydroxyl groups is 2. The van der Waals surface area contributed by atoms with Gasteiger partial charge >= 0.3 is 5.97 Å². The first-order valence-corrected chi connectivity index (χ1v) is 8.89. The van der Waals surface area contributed by atoms with Crippen LogP contribution in [-0.2, 0) is 16.1 Å². The van der Waals surface area contributed by atoms with Crippen LogP contribution in [0.4, 0.5) is 0 Å². The minimum Gasteiger partial charge on any atom is -0.459 e. The van der Waals surface area contributed by atoms with Gasteiger partial charge < -0.3 is 24.4 Å². The molecule has 0 aromatic heterocycles. The number of benzene rings is 1. The number of aliphatic hydroxyl groups excluding tert-OH is 2. The van der Waals surface area contributed by atoms with Gasteiger partial charge in [-0.25, -0.2) is 4.79 Å². The first kappa shape index (κ1) is 19.0. The van der Waals surface area contributed by atoms with Crippen molar-refractivity contribution in [2.24, 2.45) is 0 Å². The van der Waals surface area contributed by atoms with Crippen molar-refractivity contribution in [2.45, 2.75) is 47.7 Å². The number of carbonyl (C=O) groups is 1. The van der Waals surface area contributed by atoms with Crippen molar-refractivity contribution >= 4 is 40.8 Å². The first-order chi connectivity index (χ1) is 11.7. The SMILES string of the molecule is O=C(OCC(Cl)(Cl)Cl)c1ccc2c(c1)CO[C@]1(CCC[C@@H](O)[C@H]1O)O2. The van der Waals surface area contributed by atoms with Crippen LogP contribution < -0.4 is 4.74 Å². The van der Waals surface area contributed by atoms with Crippen LogP contribution in [0.25, 0.3) is 0 Å². The van der Waals surface area contributed by atoms with Crippen molar-refractivity contribution in [3.05, 3.63) is 29.3 Å². The molecule has 6 nitrogen and oxygen atoms in total. The molecular weight excluding hydrogens is 395 g/mol. The molecule has 3 rings (SSSR count).